The molecule has 1 saturated carbocycles. The number of rotatable bonds is 4. The van der Waals surface area contributed by atoms with Crippen molar-refractivity contribution in [1.29, 1.82) is 0 Å². The maximum atomic E-state index is 11.4. The van der Waals surface area contributed by atoms with Gasteiger partial charge >= 0.3 is 5.97 Å². The largest absolute Gasteiger partial charge is 0.465 e. The lowest BCUT2D eigenvalue weighted by Crippen LogP contribution is -2.11. The second kappa shape index (κ2) is 7.25. The summed E-state index contributed by atoms with van der Waals surface area (Å²) in [6.45, 7) is 0.115. The van der Waals surface area contributed by atoms with Crippen LogP contribution < -0.4 is 0 Å². The second-order valence-electron chi connectivity index (χ2n) is 5.33. The minimum absolute atomic E-state index is 0.115. The highest BCUT2D eigenvalue weighted by molar-refractivity contribution is 5.89. The number of aliphatic hydroxyl groups excluding tert-OH is 1. The molecule has 0 saturated heterocycles. The molecule has 1 N–H and O–H groups in total. The molecule has 1 fully saturated rings. The Morgan fingerprint density at radius 1 is 1.25 bits per heavy atom. The Labute approximate surface area is 120 Å². The number of ether oxygens (including phenoxy) is 1. The van der Waals surface area contributed by atoms with Crippen LogP contribution in [0.4, 0.5) is 0 Å². The van der Waals surface area contributed by atoms with Crippen molar-refractivity contribution in [1.82, 2.24) is 0 Å². The molecule has 3 heteroatoms. The molecule has 1 aliphatic rings. The number of benzene rings is 1. The number of aliphatic hydroxyl groups is 1. The van der Waals surface area contributed by atoms with E-state index in [1.807, 2.05) is 12.1 Å². The monoisotopic (exact) mass is 274 g/mol. The van der Waals surface area contributed by atoms with E-state index in [0.717, 1.165) is 11.1 Å². The highest BCUT2D eigenvalue weighted by Gasteiger charge is 2.17. The van der Waals surface area contributed by atoms with Crippen molar-refractivity contribution in [3.8, 4) is 0 Å². The number of methoxy groups -OCH3 is 1. The van der Waals surface area contributed by atoms with E-state index >= 15 is 0 Å². The molecule has 1 aromatic rings. The summed E-state index contributed by atoms with van der Waals surface area (Å²) >= 11 is 0. The molecule has 108 valence electrons. The van der Waals surface area contributed by atoms with Crippen molar-refractivity contribution in [2.75, 3.05) is 13.7 Å². The van der Waals surface area contributed by atoms with Gasteiger partial charge in [-0.1, -0.05) is 37.5 Å². The fourth-order valence-electron chi connectivity index (χ4n) is 2.81. The summed E-state index contributed by atoms with van der Waals surface area (Å²) in [4.78, 5) is 11.4. The van der Waals surface area contributed by atoms with Crippen LogP contribution in [0, 0.1) is 5.92 Å². The fraction of sp³-hybridized carbons (Fsp3) is 0.471. The van der Waals surface area contributed by atoms with Crippen molar-refractivity contribution in [3.63, 3.8) is 0 Å². The lowest BCUT2D eigenvalue weighted by atomic mass is 9.83. The van der Waals surface area contributed by atoms with E-state index in [0.29, 0.717) is 11.5 Å². The van der Waals surface area contributed by atoms with Crippen molar-refractivity contribution >= 4 is 12.0 Å². The fourth-order valence-corrected chi connectivity index (χ4v) is 2.81. The molecular weight excluding hydrogens is 252 g/mol. The van der Waals surface area contributed by atoms with E-state index in [2.05, 4.69) is 10.8 Å². The Kier molecular flexibility index (Phi) is 5.36. The van der Waals surface area contributed by atoms with E-state index in [1.54, 1.807) is 12.1 Å². The van der Waals surface area contributed by atoms with Gasteiger partial charge in [0.1, 0.15) is 0 Å². The number of hydrogen-bond donors (Lipinski definition) is 1. The quantitative estimate of drug-likeness (QED) is 0.856. The normalized spacial score (nSPS) is 17.0. The second-order valence-corrected chi connectivity index (χ2v) is 5.33. The van der Waals surface area contributed by atoms with Crippen LogP contribution >= 0.6 is 0 Å². The van der Waals surface area contributed by atoms with Crippen LogP contribution in [0.1, 0.15) is 48.0 Å². The van der Waals surface area contributed by atoms with E-state index in [-0.39, 0.29) is 12.6 Å². The molecule has 0 aromatic heterocycles. The van der Waals surface area contributed by atoms with Gasteiger partial charge in [-0.2, -0.15) is 0 Å². The van der Waals surface area contributed by atoms with Gasteiger partial charge in [0.2, 0.25) is 0 Å². The molecule has 20 heavy (non-hydrogen) atoms. The van der Waals surface area contributed by atoms with Crippen molar-refractivity contribution < 1.29 is 14.6 Å². The van der Waals surface area contributed by atoms with E-state index in [4.69, 9.17) is 0 Å². The van der Waals surface area contributed by atoms with Crippen LogP contribution in [-0.4, -0.2) is 24.8 Å². The highest BCUT2D eigenvalue weighted by Crippen LogP contribution is 2.30. The Hall–Kier alpha value is -1.61. The molecule has 0 aliphatic heterocycles. The predicted octanol–water partition coefficient (Wildman–Crippen LogP) is 3.43. The molecule has 0 amide bonds. The first kappa shape index (κ1) is 14.8. The SMILES string of the molecule is COC(=O)c1ccc(/C=C(/CO)C2CCCCC2)cc1. The van der Waals surface area contributed by atoms with Crippen molar-refractivity contribution in [2.45, 2.75) is 32.1 Å². The maximum absolute atomic E-state index is 11.4. The Morgan fingerprint density at radius 3 is 2.45 bits per heavy atom. The van der Waals surface area contributed by atoms with Crippen LogP contribution in [0.25, 0.3) is 6.08 Å². The Morgan fingerprint density at radius 2 is 1.90 bits per heavy atom. The number of hydrogen-bond acceptors (Lipinski definition) is 3. The molecule has 1 aliphatic carbocycles. The average Bonchev–Trinajstić information content (AvgIpc) is 2.53. The van der Waals surface area contributed by atoms with E-state index < -0.39 is 0 Å². The molecule has 0 bridgehead atoms. The van der Waals surface area contributed by atoms with Crippen LogP contribution in [0.2, 0.25) is 0 Å². The third kappa shape index (κ3) is 3.70. The van der Waals surface area contributed by atoms with Gasteiger partial charge in [0.05, 0.1) is 19.3 Å². The lowest BCUT2D eigenvalue weighted by Gasteiger charge is -2.23. The molecule has 2 rings (SSSR count). The molecule has 0 unspecified atom stereocenters. The zero-order valence-corrected chi connectivity index (χ0v) is 12.0. The summed E-state index contributed by atoms with van der Waals surface area (Å²) in [5.74, 6) is 0.184. The topological polar surface area (TPSA) is 46.5 Å². The van der Waals surface area contributed by atoms with Gasteiger partial charge in [-0.05, 0) is 42.0 Å². The summed E-state index contributed by atoms with van der Waals surface area (Å²) in [5.41, 5.74) is 2.68. The van der Waals surface area contributed by atoms with Gasteiger partial charge in [0, 0.05) is 0 Å². The molecule has 1 aromatic carbocycles. The number of carbonyl (C=O) groups excluding carboxylic acids is 1. The van der Waals surface area contributed by atoms with Gasteiger partial charge in [0.25, 0.3) is 0 Å². The first-order chi connectivity index (χ1) is 9.74. The number of carbonyl (C=O) groups is 1. The minimum Gasteiger partial charge on any atom is -0.465 e. The van der Waals surface area contributed by atoms with Crippen LogP contribution in [-0.2, 0) is 4.74 Å². The van der Waals surface area contributed by atoms with Crippen LogP contribution in [0.5, 0.6) is 0 Å². The Balaban J connectivity index is 2.12. The third-order valence-corrected chi connectivity index (χ3v) is 4.00. The van der Waals surface area contributed by atoms with Gasteiger partial charge < -0.3 is 9.84 Å². The molecule has 0 heterocycles. The first-order valence-electron chi connectivity index (χ1n) is 7.24. The maximum Gasteiger partial charge on any atom is 0.337 e. The standard InChI is InChI=1S/C17H22O3/c1-20-17(19)15-9-7-13(8-10-15)11-16(12-18)14-5-3-2-4-6-14/h7-11,14,18H,2-6,12H2,1H3/b16-11-. The van der Waals surface area contributed by atoms with Crippen LogP contribution in [0.15, 0.2) is 29.8 Å². The average molecular weight is 274 g/mol. The molecule has 3 nitrogen and oxygen atoms in total. The summed E-state index contributed by atoms with van der Waals surface area (Å²) in [7, 11) is 1.38. The zero-order valence-electron chi connectivity index (χ0n) is 12.0. The third-order valence-electron chi connectivity index (χ3n) is 4.00. The van der Waals surface area contributed by atoms with Gasteiger partial charge in [-0.15, -0.1) is 0 Å². The van der Waals surface area contributed by atoms with Crippen LogP contribution in [0.3, 0.4) is 0 Å². The first-order valence-corrected chi connectivity index (χ1v) is 7.24. The van der Waals surface area contributed by atoms with Crippen molar-refractivity contribution in [3.05, 3.63) is 41.0 Å². The predicted molar refractivity (Wildman–Crippen MR) is 79.4 cm³/mol. The number of esters is 1. The molecular formula is C17H22O3. The summed E-state index contributed by atoms with van der Waals surface area (Å²) < 4.78 is 4.68. The van der Waals surface area contributed by atoms with E-state index in [9.17, 15) is 9.90 Å². The van der Waals surface area contributed by atoms with Gasteiger partial charge in [-0.25, -0.2) is 4.79 Å². The minimum atomic E-state index is -0.324. The molecule has 0 radical (unpaired) electrons. The summed E-state index contributed by atoms with van der Waals surface area (Å²) in [5, 5.41) is 9.58. The highest BCUT2D eigenvalue weighted by atomic mass is 16.5. The summed E-state index contributed by atoms with van der Waals surface area (Å²) in [6, 6.07) is 7.30. The molecule has 0 atom stereocenters. The smallest absolute Gasteiger partial charge is 0.337 e. The lowest BCUT2D eigenvalue weighted by molar-refractivity contribution is 0.0600. The Bertz CT molecular complexity index is 468. The van der Waals surface area contributed by atoms with Crippen molar-refractivity contribution in [2.24, 2.45) is 5.92 Å². The van der Waals surface area contributed by atoms with E-state index in [1.165, 1.54) is 39.2 Å². The van der Waals surface area contributed by atoms with Gasteiger partial charge in [0.15, 0.2) is 0 Å². The zero-order chi connectivity index (χ0) is 14.4. The molecule has 0 spiro atoms. The summed E-state index contributed by atoms with van der Waals surface area (Å²) in [6.07, 6.45) is 8.21. The van der Waals surface area contributed by atoms with Gasteiger partial charge in [-0.3, -0.25) is 0 Å².